The molecule has 2 aromatic heterocycles. The lowest BCUT2D eigenvalue weighted by Crippen LogP contribution is -2.61. The van der Waals surface area contributed by atoms with Crippen molar-refractivity contribution in [1.82, 2.24) is 9.13 Å². The Morgan fingerprint density at radius 3 is 1.31 bits per heavy atom. The van der Waals surface area contributed by atoms with Crippen LogP contribution in [0.1, 0.15) is 0 Å². The molecule has 0 spiro atoms. The number of aromatic nitrogens is 2. The van der Waals surface area contributed by atoms with Crippen LogP contribution < -0.4 is 41.5 Å². The molecule has 0 aliphatic carbocycles. The average molecular weight is 1050 g/mol. The van der Waals surface area contributed by atoms with Crippen molar-refractivity contribution in [3.63, 3.8) is 0 Å². The van der Waals surface area contributed by atoms with E-state index in [0.29, 0.717) is 0 Å². The van der Waals surface area contributed by atoms with Gasteiger partial charge in [0.2, 0.25) is 0 Å². The van der Waals surface area contributed by atoms with Gasteiger partial charge in [0, 0.05) is 66.9 Å². The van der Waals surface area contributed by atoms with E-state index < -0.39 is 8.07 Å². The normalized spacial score (nSPS) is 13.6. The molecule has 14 aromatic rings. The van der Waals surface area contributed by atoms with E-state index in [0.717, 1.165) is 45.5 Å². The quantitative estimate of drug-likeness (QED) is 0.148. The first kappa shape index (κ1) is 45.9. The number of benzene rings is 12. The van der Waals surface area contributed by atoms with Gasteiger partial charge in [0.25, 0.3) is 6.71 Å². The summed E-state index contributed by atoms with van der Waals surface area (Å²) in [6.07, 6.45) is 0. The van der Waals surface area contributed by atoms with Crippen molar-refractivity contribution >= 4 is 136 Å². The van der Waals surface area contributed by atoms with E-state index in [9.17, 15) is 0 Å². The zero-order valence-corrected chi connectivity index (χ0v) is 45.9. The minimum Gasteiger partial charge on any atom is -0.311 e. The zero-order chi connectivity index (χ0) is 53.5. The summed E-state index contributed by atoms with van der Waals surface area (Å²) in [5, 5.41) is 7.84. The Balaban J connectivity index is 1.06. The van der Waals surface area contributed by atoms with Crippen molar-refractivity contribution in [2.75, 3.05) is 14.7 Å². The minimum atomic E-state index is -2.08. The van der Waals surface area contributed by atoms with Crippen molar-refractivity contribution < 1.29 is 0 Å². The van der Waals surface area contributed by atoms with E-state index in [4.69, 9.17) is 0 Å². The highest BCUT2D eigenvalue weighted by molar-refractivity contribution is 7.04. The van der Waals surface area contributed by atoms with Crippen molar-refractivity contribution in [3.8, 4) is 22.5 Å². The van der Waals surface area contributed by atoms with Crippen molar-refractivity contribution in [2.24, 2.45) is 0 Å². The molecule has 81 heavy (non-hydrogen) atoms. The highest BCUT2D eigenvalue weighted by Gasteiger charge is 2.47. The zero-order valence-electron chi connectivity index (χ0n) is 44.9. The first-order valence-electron chi connectivity index (χ1n) is 28.2. The lowest BCUT2D eigenvalue weighted by atomic mass is 9.33. The van der Waals surface area contributed by atoms with Gasteiger partial charge in [0.1, 0.15) is 8.07 Å². The van der Waals surface area contributed by atoms with Crippen LogP contribution in [0.4, 0.5) is 51.2 Å². The van der Waals surface area contributed by atoms with Gasteiger partial charge < -0.3 is 23.8 Å². The van der Waals surface area contributed by atoms with Crippen LogP contribution >= 0.6 is 0 Å². The molecule has 0 saturated heterocycles. The van der Waals surface area contributed by atoms with Crippen molar-refractivity contribution in [1.29, 1.82) is 0 Å². The summed E-state index contributed by atoms with van der Waals surface area (Å²) >= 11 is 0. The second-order valence-corrected chi connectivity index (χ2v) is 26.7. The van der Waals surface area contributed by atoms with Gasteiger partial charge in [0.05, 0.1) is 44.8 Å². The molecule has 3 aliphatic heterocycles. The number of rotatable bonds is 7. The van der Waals surface area contributed by atoms with Crippen LogP contribution in [-0.4, -0.2) is 23.9 Å². The fourth-order valence-electron chi connectivity index (χ4n) is 14.5. The number of nitrogens with zero attached hydrogens (tertiary/aromatic N) is 5. The molecule has 0 unspecified atom stereocenters. The average Bonchev–Trinajstić information content (AvgIpc) is 3.95. The van der Waals surface area contributed by atoms with Gasteiger partial charge >= 0.3 is 0 Å². The second kappa shape index (κ2) is 17.5. The molecule has 0 bridgehead atoms. The lowest BCUT2D eigenvalue weighted by Gasteiger charge is -2.45. The monoisotopic (exact) mass is 1050 g/mol. The number of fused-ring (bicyclic) bond motifs is 15. The topological polar surface area (TPSA) is 19.6 Å². The van der Waals surface area contributed by atoms with Crippen LogP contribution in [0.3, 0.4) is 0 Å². The Morgan fingerprint density at radius 1 is 0.358 bits per heavy atom. The summed E-state index contributed by atoms with van der Waals surface area (Å²) in [5.41, 5.74) is 23.7. The Morgan fingerprint density at radius 2 is 0.790 bits per heavy atom. The van der Waals surface area contributed by atoms with Gasteiger partial charge in [-0.15, -0.1) is 0 Å². The van der Waals surface area contributed by atoms with Gasteiger partial charge in [-0.25, -0.2) is 0 Å². The van der Waals surface area contributed by atoms with Crippen LogP contribution in [0.2, 0.25) is 13.1 Å². The van der Waals surface area contributed by atoms with Crippen LogP contribution in [0.5, 0.6) is 0 Å². The third-order valence-electron chi connectivity index (χ3n) is 17.8. The smallest absolute Gasteiger partial charge is 0.252 e. The number of hydrogen-bond donors (Lipinski definition) is 0. The number of para-hydroxylation sites is 7. The SMILES string of the molecule is C[Si]1(C)c2ccccc2-c2c(N(c3ccccc3)c3cc4c5c(c3)N(c3ccccc3)c3c(ccc6c3c3ccccc3n6-c3ccccc3)B5c3ccc5c(c3N4c3ccccc3)c3ccccc3n5-c3ccccc3)cccc21. The molecule has 5 nitrogen and oxygen atoms in total. The first-order valence-corrected chi connectivity index (χ1v) is 31.2. The predicted octanol–water partition coefficient (Wildman–Crippen LogP) is 16.2. The van der Waals surface area contributed by atoms with Crippen LogP contribution in [-0.2, 0) is 0 Å². The predicted molar refractivity (Wildman–Crippen MR) is 346 cm³/mol. The molecular weight excluding hydrogens is 998 g/mol. The molecule has 3 aliphatic rings. The first-order chi connectivity index (χ1) is 40.0. The van der Waals surface area contributed by atoms with Gasteiger partial charge in [-0.3, -0.25) is 0 Å². The summed E-state index contributed by atoms with van der Waals surface area (Å²) in [6.45, 7) is 4.88. The molecule has 0 N–H and O–H groups in total. The third kappa shape index (κ3) is 6.49. The van der Waals surface area contributed by atoms with Crippen molar-refractivity contribution in [2.45, 2.75) is 13.1 Å². The maximum atomic E-state index is 2.62. The molecule has 0 amide bonds. The van der Waals surface area contributed by atoms with E-state index in [1.54, 1.807) is 0 Å². The molecule has 7 heteroatoms. The largest absolute Gasteiger partial charge is 0.311 e. The molecule has 0 fully saturated rings. The molecule has 5 heterocycles. The lowest BCUT2D eigenvalue weighted by molar-refractivity contribution is 1.18. The summed E-state index contributed by atoms with van der Waals surface area (Å²) < 4.78 is 4.93. The number of anilines is 9. The molecule has 17 rings (SSSR count). The van der Waals surface area contributed by atoms with E-state index in [2.05, 4.69) is 316 Å². The highest BCUT2D eigenvalue weighted by Crippen LogP contribution is 2.53. The Kier molecular flexibility index (Phi) is 9.89. The third-order valence-corrected chi connectivity index (χ3v) is 21.3. The van der Waals surface area contributed by atoms with Gasteiger partial charge in [-0.2, -0.15) is 0 Å². The summed E-state index contributed by atoms with van der Waals surface area (Å²) in [5.74, 6) is 0. The Bertz CT molecular complexity index is 4630. The summed E-state index contributed by atoms with van der Waals surface area (Å²) in [6, 6.07) is 104. The highest BCUT2D eigenvalue weighted by atomic mass is 28.3. The van der Waals surface area contributed by atoms with E-state index in [1.807, 2.05) is 0 Å². The second-order valence-electron chi connectivity index (χ2n) is 22.4. The summed E-state index contributed by atoms with van der Waals surface area (Å²) in [7, 11) is -2.08. The van der Waals surface area contributed by atoms with E-state index in [-0.39, 0.29) is 6.71 Å². The Hall–Kier alpha value is -10.1. The van der Waals surface area contributed by atoms with E-state index in [1.165, 1.54) is 98.6 Å². The Labute approximate surface area is 472 Å². The van der Waals surface area contributed by atoms with Crippen molar-refractivity contribution in [3.05, 3.63) is 279 Å². The molecular formula is C74H52BN5Si. The van der Waals surface area contributed by atoms with Crippen LogP contribution in [0, 0.1) is 0 Å². The molecule has 0 atom stereocenters. The minimum absolute atomic E-state index is 0.162. The fraction of sp³-hybridized carbons (Fsp3) is 0.0270. The van der Waals surface area contributed by atoms with E-state index >= 15 is 0 Å². The van der Waals surface area contributed by atoms with Gasteiger partial charge in [-0.05, 0) is 135 Å². The van der Waals surface area contributed by atoms with Crippen LogP contribution in [0.25, 0.3) is 66.1 Å². The maximum Gasteiger partial charge on any atom is 0.252 e. The van der Waals surface area contributed by atoms with Gasteiger partial charge in [0.15, 0.2) is 0 Å². The van der Waals surface area contributed by atoms with Gasteiger partial charge in [-0.1, -0.05) is 189 Å². The standard InChI is InChI=1S/C74H52BN5Si/c1-81(2)67-41-23-20-37-57(67)69-62(40-24-42-68(69)81)76(49-25-8-3-9-26-49)54-47-65-72-66(48-54)80(53-33-16-7-17-34-53)74-59(44-46-64-71(74)56-36-19-22-39-61(56)78(64)51-29-12-5-13-30-51)75(72)58-43-45-63-70(73(58)79(65)52-31-14-6-15-32-52)55-35-18-21-38-60(55)77(63)50-27-10-4-11-28-50/h3-48H,1-2H3. The molecule has 12 aromatic carbocycles. The maximum absolute atomic E-state index is 2.62. The molecule has 0 radical (unpaired) electrons. The summed E-state index contributed by atoms with van der Waals surface area (Å²) in [4.78, 5) is 7.81. The fourth-order valence-corrected chi connectivity index (χ4v) is 17.6. The molecule has 380 valence electrons. The molecule has 0 saturated carbocycles. The number of hydrogen-bond acceptors (Lipinski definition) is 3. The van der Waals surface area contributed by atoms with Crippen LogP contribution in [0.15, 0.2) is 279 Å².